The van der Waals surface area contributed by atoms with E-state index in [-0.39, 0.29) is 5.54 Å². The van der Waals surface area contributed by atoms with Gasteiger partial charge in [0.2, 0.25) is 0 Å². The second-order valence-corrected chi connectivity index (χ2v) is 6.65. The molecule has 1 heterocycles. The van der Waals surface area contributed by atoms with Crippen molar-refractivity contribution in [3.05, 3.63) is 45.2 Å². The third kappa shape index (κ3) is 2.79. The van der Waals surface area contributed by atoms with Gasteiger partial charge in [0.1, 0.15) is 0 Å². The number of benzene rings is 1. The average molecular weight is 310 g/mol. The van der Waals surface area contributed by atoms with Crippen LogP contribution in [0.25, 0.3) is 10.4 Å². The molecule has 0 saturated heterocycles. The van der Waals surface area contributed by atoms with Crippen LogP contribution in [0.1, 0.15) is 25.0 Å². The van der Waals surface area contributed by atoms with Crippen molar-refractivity contribution in [3.63, 3.8) is 0 Å². The Morgan fingerprint density at radius 3 is 2.47 bits per heavy atom. The van der Waals surface area contributed by atoms with E-state index in [0.29, 0.717) is 0 Å². The normalized spacial score (nSPS) is 11.8. The zero-order valence-corrected chi connectivity index (χ0v) is 12.7. The summed E-state index contributed by atoms with van der Waals surface area (Å²) in [6.45, 7) is 6.17. The van der Waals surface area contributed by atoms with E-state index in [2.05, 4.69) is 52.5 Å². The predicted molar refractivity (Wildman–Crippen MR) is 79.4 cm³/mol. The van der Waals surface area contributed by atoms with Crippen molar-refractivity contribution in [2.45, 2.75) is 26.3 Å². The Bertz CT molecular complexity index is 537. The van der Waals surface area contributed by atoms with Gasteiger partial charge in [-0.25, -0.2) is 0 Å². The van der Waals surface area contributed by atoms with Gasteiger partial charge in [-0.2, -0.15) is 0 Å². The minimum atomic E-state index is -0.265. The molecule has 0 aliphatic rings. The van der Waals surface area contributed by atoms with Gasteiger partial charge < -0.3 is 5.73 Å². The predicted octanol–water partition coefficient (Wildman–Crippen LogP) is 4.68. The molecule has 0 radical (unpaired) electrons. The Balaban J connectivity index is 2.40. The first-order valence-corrected chi connectivity index (χ1v) is 7.19. The van der Waals surface area contributed by atoms with Gasteiger partial charge in [-0.15, -0.1) is 11.3 Å². The minimum absolute atomic E-state index is 0.265. The average Bonchev–Trinajstić information content (AvgIpc) is 2.70. The fourth-order valence-corrected chi connectivity index (χ4v) is 2.95. The van der Waals surface area contributed by atoms with E-state index in [4.69, 9.17) is 5.73 Å². The molecule has 0 aliphatic heterocycles. The molecule has 0 atom stereocenters. The molecule has 0 fully saturated rings. The zero-order valence-electron chi connectivity index (χ0n) is 10.3. The molecule has 2 aromatic rings. The number of hydrogen-bond donors (Lipinski definition) is 1. The van der Waals surface area contributed by atoms with Crippen molar-refractivity contribution in [1.82, 2.24) is 0 Å². The van der Waals surface area contributed by atoms with Crippen LogP contribution in [0.15, 0.2) is 34.1 Å². The van der Waals surface area contributed by atoms with Crippen molar-refractivity contribution >= 4 is 27.3 Å². The van der Waals surface area contributed by atoms with Crippen molar-refractivity contribution in [1.29, 1.82) is 0 Å². The number of rotatable bonds is 2. The van der Waals surface area contributed by atoms with Crippen LogP contribution < -0.4 is 5.73 Å². The maximum absolute atomic E-state index is 6.10. The van der Waals surface area contributed by atoms with Crippen molar-refractivity contribution in [2.75, 3.05) is 0 Å². The number of hydrogen-bond acceptors (Lipinski definition) is 2. The highest BCUT2D eigenvalue weighted by molar-refractivity contribution is 9.10. The molecule has 2 rings (SSSR count). The first-order chi connectivity index (χ1) is 7.88. The second kappa shape index (κ2) is 4.56. The van der Waals surface area contributed by atoms with Gasteiger partial charge in [-0.05, 0) is 61.0 Å². The third-order valence-corrected chi connectivity index (χ3v) is 4.65. The lowest BCUT2D eigenvalue weighted by molar-refractivity contribution is 0.557. The van der Waals surface area contributed by atoms with Gasteiger partial charge in [0.25, 0.3) is 0 Å². The highest BCUT2D eigenvalue weighted by Crippen LogP contribution is 2.32. The minimum Gasteiger partial charge on any atom is -0.322 e. The largest absolute Gasteiger partial charge is 0.322 e. The topological polar surface area (TPSA) is 26.0 Å². The van der Waals surface area contributed by atoms with Gasteiger partial charge in [0.05, 0.1) is 0 Å². The maximum Gasteiger partial charge on any atom is 0.0360 e. The summed E-state index contributed by atoms with van der Waals surface area (Å²) in [6, 6.07) is 8.62. The van der Waals surface area contributed by atoms with E-state index in [0.717, 1.165) is 4.47 Å². The smallest absolute Gasteiger partial charge is 0.0360 e. The standard InChI is InChI=1S/C14H16BrNS/c1-9-6-10(4-5-12(9)15)13-7-11(8-17-13)14(2,3)16/h4-8H,16H2,1-3H3. The summed E-state index contributed by atoms with van der Waals surface area (Å²) in [4.78, 5) is 1.27. The first kappa shape index (κ1) is 12.8. The van der Waals surface area contributed by atoms with E-state index in [9.17, 15) is 0 Å². The SMILES string of the molecule is Cc1cc(-c2cc(C(C)(C)N)cs2)ccc1Br. The van der Waals surface area contributed by atoms with E-state index >= 15 is 0 Å². The van der Waals surface area contributed by atoms with E-state index in [1.807, 2.05) is 13.8 Å². The molecule has 90 valence electrons. The quantitative estimate of drug-likeness (QED) is 0.856. The second-order valence-electron chi connectivity index (χ2n) is 4.89. The summed E-state index contributed by atoms with van der Waals surface area (Å²) in [5, 5.41) is 2.15. The number of aryl methyl sites for hydroxylation is 1. The number of halogens is 1. The fraction of sp³-hybridized carbons (Fsp3) is 0.286. The van der Waals surface area contributed by atoms with E-state index < -0.39 is 0 Å². The van der Waals surface area contributed by atoms with Gasteiger partial charge in [-0.1, -0.05) is 22.0 Å². The monoisotopic (exact) mass is 309 g/mol. The third-order valence-electron chi connectivity index (χ3n) is 2.79. The highest BCUT2D eigenvalue weighted by atomic mass is 79.9. The van der Waals surface area contributed by atoms with Gasteiger partial charge in [0, 0.05) is 14.9 Å². The molecule has 17 heavy (non-hydrogen) atoms. The van der Waals surface area contributed by atoms with Crippen LogP contribution in [0.5, 0.6) is 0 Å². The highest BCUT2D eigenvalue weighted by Gasteiger charge is 2.16. The summed E-state index contributed by atoms with van der Waals surface area (Å²) in [7, 11) is 0. The van der Waals surface area contributed by atoms with Crippen LogP contribution in [0.4, 0.5) is 0 Å². The Morgan fingerprint density at radius 1 is 1.24 bits per heavy atom. The lowest BCUT2D eigenvalue weighted by Gasteiger charge is -2.16. The van der Waals surface area contributed by atoms with E-state index in [1.165, 1.54) is 21.6 Å². The molecule has 1 nitrogen and oxygen atoms in total. The van der Waals surface area contributed by atoms with Crippen molar-refractivity contribution in [3.8, 4) is 10.4 Å². The molecule has 1 aromatic heterocycles. The molecule has 0 amide bonds. The number of nitrogens with two attached hydrogens (primary N) is 1. The van der Waals surface area contributed by atoms with Gasteiger partial charge >= 0.3 is 0 Å². The molecular formula is C14H16BrNS. The Kier molecular flexibility index (Phi) is 3.43. The van der Waals surface area contributed by atoms with Crippen molar-refractivity contribution in [2.24, 2.45) is 5.73 Å². The summed E-state index contributed by atoms with van der Waals surface area (Å²) >= 11 is 5.27. The summed E-state index contributed by atoms with van der Waals surface area (Å²) in [5.41, 5.74) is 9.54. The molecule has 1 aromatic carbocycles. The van der Waals surface area contributed by atoms with Crippen molar-refractivity contribution < 1.29 is 0 Å². The molecule has 0 aliphatic carbocycles. The lowest BCUT2D eigenvalue weighted by Crippen LogP contribution is -2.27. The zero-order chi connectivity index (χ0) is 12.6. The molecule has 0 saturated carbocycles. The van der Waals surface area contributed by atoms with E-state index in [1.54, 1.807) is 11.3 Å². The van der Waals surface area contributed by atoms with Crippen LogP contribution in [0.3, 0.4) is 0 Å². The molecule has 3 heteroatoms. The van der Waals surface area contributed by atoms with Crippen LogP contribution in [0.2, 0.25) is 0 Å². The van der Waals surface area contributed by atoms with Crippen LogP contribution in [-0.2, 0) is 5.54 Å². The Morgan fingerprint density at radius 2 is 1.94 bits per heavy atom. The first-order valence-electron chi connectivity index (χ1n) is 5.52. The molecule has 0 unspecified atom stereocenters. The fourth-order valence-electron chi connectivity index (χ4n) is 1.62. The summed E-state index contributed by atoms with van der Waals surface area (Å²) in [5.74, 6) is 0. The van der Waals surface area contributed by atoms with Gasteiger partial charge in [0.15, 0.2) is 0 Å². The Labute approximate surface area is 115 Å². The van der Waals surface area contributed by atoms with Crippen LogP contribution >= 0.6 is 27.3 Å². The van der Waals surface area contributed by atoms with Crippen LogP contribution in [0, 0.1) is 6.92 Å². The number of thiophene rings is 1. The maximum atomic E-state index is 6.10. The molecule has 0 bridgehead atoms. The molecule has 2 N–H and O–H groups in total. The molecular weight excluding hydrogens is 294 g/mol. The molecule has 0 spiro atoms. The summed E-state index contributed by atoms with van der Waals surface area (Å²) < 4.78 is 1.15. The van der Waals surface area contributed by atoms with Gasteiger partial charge in [-0.3, -0.25) is 0 Å². The lowest BCUT2D eigenvalue weighted by atomic mass is 9.98. The summed E-state index contributed by atoms with van der Waals surface area (Å²) in [6.07, 6.45) is 0. The Hall–Kier alpha value is -0.640. The van der Waals surface area contributed by atoms with Crippen LogP contribution in [-0.4, -0.2) is 0 Å².